The van der Waals surface area contributed by atoms with Crippen LogP contribution in [0.15, 0.2) is 28.7 Å². The van der Waals surface area contributed by atoms with Crippen LogP contribution in [-0.2, 0) is 5.66 Å². The number of carbonyl (C=O) groups excluding carboxylic acids is 2. The van der Waals surface area contributed by atoms with Crippen molar-refractivity contribution in [1.82, 2.24) is 15.1 Å². The molecule has 6 heteroatoms. The predicted molar refractivity (Wildman–Crippen MR) is 70.9 cm³/mol. The number of imide groups is 1. The smallest absolute Gasteiger partial charge is 0.311 e. The zero-order valence-corrected chi connectivity index (χ0v) is 12.0. The van der Waals surface area contributed by atoms with E-state index >= 15 is 0 Å². The lowest BCUT2D eigenvalue weighted by Gasteiger charge is -2.45. The SMILES string of the molecule is CN1C(=O)NC(C)(c2cccc(Br)c2)N(C)C1=O. The highest BCUT2D eigenvalue weighted by molar-refractivity contribution is 9.10. The van der Waals surface area contributed by atoms with Crippen LogP contribution in [0.3, 0.4) is 0 Å². The van der Waals surface area contributed by atoms with Gasteiger partial charge in [-0.25, -0.2) is 14.5 Å². The third kappa shape index (κ3) is 1.86. The van der Waals surface area contributed by atoms with Crippen LogP contribution in [0.25, 0.3) is 0 Å². The van der Waals surface area contributed by atoms with E-state index in [0.717, 1.165) is 14.9 Å². The number of hydrogen-bond donors (Lipinski definition) is 1. The second-order valence-electron chi connectivity index (χ2n) is 4.41. The monoisotopic (exact) mass is 311 g/mol. The first-order valence-electron chi connectivity index (χ1n) is 5.46. The van der Waals surface area contributed by atoms with Crippen LogP contribution < -0.4 is 5.32 Å². The van der Waals surface area contributed by atoms with Gasteiger partial charge in [0.25, 0.3) is 0 Å². The van der Waals surface area contributed by atoms with Crippen molar-refractivity contribution in [1.29, 1.82) is 0 Å². The van der Waals surface area contributed by atoms with Gasteiger partial charge in [-0.2, -0.15) is 0 Å². The molecule has 1 aromatic carbocycles. The number of nitrogens with zero attached hydrogens (tertiary/aromatic N) is 2. The highest BCUT2D eigenvalue weighted by Gasteiger charge is 2.43. The zero-order valence-electron chi connectivity index (χ0n) is 10.4. The number of rotatable bonds is 1. The number of carbonyl (C=O) groups is 2. The van der Waals surface area contributed by atoms with Crippen molar-refractivity contribution in [3.05, 3.63) is 34.3 Å². The molecule has 0 radical (unpaired) electrons. The quantitative estimate of drug-likeness (QED) is 0.865. The van der Waals surface area contributed by atoms with E-state index in [1.54, 1.807) is 14.0 Å². The normalized spacial score (nSPS) is 24.2. The Hall–Kier alpha value is -1.56. The second-order valence-corrected chi connectivity index (χ2v) is 5.33. The molecule has 0 bridgehead atoms. The molecule has 1 heterocycles. The molecule has 18 heavy (non-hydrogen) atoms. The fraction of sp³-hybridized carbons (Fsp3) is 0.333. The summed E-state index contributed by atoms with van der Waals surface area (Å²) in [5.74, 6) is 0. The molecular weight excluding hydrogens is 298 g/mol. The van der Waals surface area contributed by atoms with Gasteiger partial charge in [0, 0.05) is 18.6 Å². The van der Waals surface area contributed by atoms with Gasteiger partial charge in [0.1, 0.15) is 5.66 Å². The van der Waals surface area contributed by atoms with Gasteiger partial charge in [0.2, 0.25) is 0 Å². The van der Waals surface area contributed by atoms with Crippen molar-refractivity contribution in [2.75, 3.05) is 14.1 Å². The minimum absolute atomic E-state index is 0.332. The fourth-order valence-corrected chi connectivity index (χ4v) is 2.34. The molecule has 1 fully saturated rings. The molecular formula is C12H14BrN3O2. The zero-order chi connectivity index (χ0) is 13.5. The van der Waals surface area contributed by atoms with E-state index in [1.807, 2.05) is 24.3 Å². The molecule has 1 N–H and O–H groups in total. The predicted octanol–water partition coefficient (Wildman–Crippen LogP) is 2.33. The van der Waals surface area contributed by atoms with E-state index in [1.165, 1.54) is 11.9 Å². The van der Waals surface area contributed by atoms with Gasteiger partial charge < -0.3 is 10.2 Å². The van der Waals surface area contributed by atoms with Gasteiger partial charge in [-0.3, -0.25) is 0 Å². The molecule has 1 saturated heterocycles. The Morgan fingerprint density at radius 3 is 2.56 bits per heavy atom. The van der Waals surface area contributed by atoms with Gasteiger partial charge in [0.15, 0.2) is 0 Å². The Balaban J connectivity index is 2.47. The van der Waals surface area contributed by atoms with Crippen LogP contribution in [0.4, 0.5) is 9.59 Å². The first-order valence-corrected chi connectivity index (χ1v) is 6.25. The summed E-state index contributed by atoms with van der Waals surface area (Å²) in [7, 11) is 3.12. The molecule has 1 unspecified atom stereocenters. The van der Waals surface area contributed by atoms with Crippen molar-refractivity contribution >= 4 is 28.0 Å². The fourth-order valence-electron chi connectivity index (χ4n) is 1.94. The maximum atomic E-state index is 12.0. The maximum Gasteiger partial charge on any atom is 0.329 e. The molecule has 0 aromatic heterocycles. The standard InChI is InChI=1S/C12H14BrN3O2/c1-12(8-5-4-6-9(13)7-8)14-10(17)15(2)11(18)16(12)3/h4-7H,1-3H3,(H,14,17). The number of hydrogen-bond acceptors (Lipinski definition) is 2. The third-order valence-electron chi connectivity index (χ3n) is 3.29. The maximum absolute atomic E-state index is 12.0. The number of nitrogens with one attached hydrogen (secondary N) is 1. The minimum atomic E-state index is -0.843. The van der Waals surface area contributed by atoms with E-state index < -0.39 is 11.7 Å². The van der Waals surface area contributed by atoms with Gasteiger partial charge in [-0.05, 0) is 24.6 Å². The number of halogens is 1. The van der Waals surface area contributed by atoms with E-state index in [9.17, 15) is 9.59 Å². The Morgan fingerprint density at radius 1 is 1.28 bits per heavy atom. The summed E-state index contributed by atoms with van der Waals surface area (Å²) < 4.78 is 0.898. The molecule has 96 valence electrons. The van der Waals surface area contributed by atoms with Crippen LogP contribution in [0.1, 0.15) is 12.5 Å². The Labute approximate surface area is 114 Å². The highest BCUT2D eigenvalue weighted by Crippen LogP contribution is 2.29. The van der Waals surface area contributed by atoms with Crippen LogP contribution in [-0.4, -0.2) is 36.0 Å². The molecule has 1 aromatic rings. The Kier molecular flexibility index (Phi) is 3.06. The lowest BCUT2D eigenvalue weighted by Crippen LogP contribution is -2.67. The summed E-state index contributed by atoms with van der Waals surface area (Å²) in [4.78, 5) is 26.3. The van der Waals surface area contributed by atoms with Crippen molar-refractivity contribution in [3.8, 4) is 0 Å². The van der Waals surface area contributed by atoms with Gasteiger partial charge in [-0.15, -0.1) is 0 Å². The number of benzene rings is 1. The van der Waals surface area contributed by atoms with Crippen molar-refractivity contribution in [2.45, 2.75) is 12.6 Å². The summed E-state index contributed by atoms with van der Waals surface area (Å²) in [5.41, 5.74) is -0.000972. The molecule has 1 atom stereocenters. The first kappa shape index (κ1) is 12.9. The van der Waals surface area contributed by atoms with Gasteiger partial charge in [0.05, 0.1) is 0 Å². The molecule has 0 saturated carbocycles. The molecule has 0 spiro atoms. The third-order valence-corrected chi connectivity index (χ3v) is 3.78. The second kappa shape index (κ2) is 4.28. The van der Waals surface area contributed by atoms with Gasteiger partial charge in [-0.1, -0.05) is 28.1 Å². The average molecular weight is 312 g/mol. The largest absolute Gasteiger partial charge is 0.329 e. The van der Waals surface area contributed by atoms with E-state index in [2.05, 4.69) is 21.2 Å². The molecule has 1 aliphatic rings. The van der Waals surface area contributed by atoms with E-state index in [-0.39, 0.29) is 6.03 Å². The molecule has 0 aliphatic carbocycles. The van der Waals surface area contributed by atoms with Gasteiger partial charge >= 0.3 is 12.1 Å². The molecule has 4 amide bonds. The minimum Gasteiger partial charge on any atom is -0.311 e. The lowest BCUT2D eigenvalue weighted by atomic mass is 9.99. The van der Waals surface area contributed by atoms with Crippen molar-refractivity contribution in [2.24, 2.45) is 0 Å². The number of amides is 4. The van der Waals surface area contributed by atoms with Crippen molar-refractivity contribution < 1.29 is 9.59 Å². The van der Waals surface area contributed by atoms with Crippen LogP contribution in [0.5, 0.6) is 0 Å². The molecule has 1 aliphatic heterocycles. The van der Waals surface area contributed by atoms with E-state index in [4.69, 9.17) is 0 Å². The summed E-state index contributed by atoms with van der Waals surface area (Å²) in [6, 6.07) is 6.79. The lowest BCUT2D eigenvalue weighted by molar-refractivity contribution is 0.0749. The molecule has 5 nitrogen and oxygen atoms in total. The topological polar surface area (TPSA) is 52.7 Å². The highest BCUT2D eigenvalue weighted by atomic mass is 79.9. The average Bonchev–Trinajstić information content (AvgIpc) is 2.34. The number of urea groups is 2. The van der Waals surface area contributed by atoms with Crippen LogP contribution in [0.2, 0.25) is 0 Å². The Morgan fingerprint density at radius 2 is 1.94 bits per heavy atom. The molecule has 2 rings (SSSR count). The summed E-state index contributed by atoms with van der Waals surface area (Å²) in [5, 5.41) is 2.84. The van der Waals surface area contributed by atoms with Crippen LogP contribution in [0, 0.1) is 0 Å². The summed E-state index contributed by atoms with van der Waals surface area (Å²) in [6.07, 6.45) is 0. The Bertz CT molecular complexity index is 520. The van der Waals surface area contributed by atoms with Crippen molar-refractivity contribution in [3.63, 3.8) is 0 Å². The summed E-state index contributed by atoms with van der Waals surface area (Å²) in [6.45, 7) is 1.80. The summed E-state index contributed by atoms with van der Waals surface area (Å²) >= 11 is 3.39. The first-order chi connectivity index (χ1) is 8.36. The van der Waals surface area contributed by atoms with Crippen LogP contribution >= 0.6 is 15.9 Å². The van der Waals surface area contributed by atoms with E-state index in [0.29, 0.717) is 0 Å².